The molecule has 2 aromatic carbocycles. The number of nitrogens with one attached hydrogen (secondary N) is 2. The van der Waals surface area contributed by atoms with Crippen molar-refractivity contribution in [2.45, 2.75) is 32.2 Å². The third-order valence-corrected chi connectivity index (χ3v) is 7.11. The molecule has 0 spiro atoms. The molecule has 2 aromatic rings. The molecule has 1 saturated heterocycles. The summed E-state index contributed by atoms with van der Waals surface area (Å²) in [6, 6.07) is 10.2. The van der Waals surface area contributed by atoms with E-state index in [1.807, 2.05) is 0 Å². The molecule has 0 unspecified atom stereocenters. The lowest BCUT2D eigenvalue weighted by molar-refractivity contribution is -0.117. The van der Waals surface area contributed by atoms with E-state index >= 15 is 0 Å². The molecule has 2 aliphatic rings. The number of carbonyl (C=O) groups excluding carboxylic acids is 2. The van der Waals surface area contributed by atoms with Crippen molar-refractivity contribution in [3.8, 4) is 5.75 Å². The molecule has 0 aromatic heterocycles. The van der Waals surface area contributed by atoms with Crippen LogP contribution >= 0.6 is 0 Å². The van der Waals surface area contributed by atoms with Crippen molar-refractivity contribution in [3.63, 3.8) is 0 Å². The van der Waals surface area contributed by atoms with Gasteiger partial charge in [-0.25, -0.2) is 22.3 Å². The maximum atomic E-state index is 14.0. The summed E-state index contributed by atoms with van der Waals surface area (Å²) < 4.78 is 47.5. The van der Waals surface area contributed by atoms with Crippen LogP contribution in [0.25, 0.3) is 0 Å². The summed E-state index contributed by atoms with van der Waals surface area (Å²) in [6.07, 6.45) is 2.39. The topological polar surface area (TPSA) is 105 Å². The van der Waals surface area contributed by atoms with Gasteiger partial charge in [0.05, 0.1) is 12.4 Å². The van der Waals surface area contributed by atoms with Gasteiger partial charge in [-0.3, -0.25) is 15.0 Å². The molecular weight excluding hydrogens is 449 g/mol. The second-order valence-electron chi connectivity index (χ2n) is 8.46. The third-order valence-electron chi connectivity index (χ3n) is 5.66. The number of carbonyl (C=O) groups is 2. The van der Waals surface area contributed by atoms with Crippen LogP contribution in [0.2, 0.25) is 0 Å². The second-order valence-corrected chi connectivity index (χ2v) is 10.3. The number of aryl methyl sites for hydroxylation is 1. The first-order chi connectivity index (χ1) is 15.7. The number of hydrogen-bond acceptors (Lipinski definition) is 5. The van der Waals surface area contributed by atoms with Crippen molar-refractivity contribution in [2.75, 3.05) is 23.8 Å². The molecule has 2 N–H and O–H groups in total. The van der Waals surface area contributed by atoms with Gasteiger partial charge in [0.1, 0.15) is 6.54 Å². The van der Waals surface area contributed by atoms with Gasteiger partial charge in [-0.05, 0) is 67.5 Å². The van der Waals surface area contributed by atoms with E-state index in [2.05, 4.69) is 10.0 Å². The molecule has 1 saturated carbocycles. The zero-order valence-corrected chi connectivity index (χ0v) is 19.0. The molecule has 1 aliphatic heterocycles. The Hall–Kier alpha value is -2.98. The lowest BCUT2D eigenvalue weighted by Gasteiger charge is -2.17. The molecule has 2 fully saturated rings. The monoisotopic (exact) mass is 475 g/mol. The number of benzene rings is 2. The molecule has 8 nitrogen and oxygen atoms in total. The van der Waals surface area contributed by atoms with Crippen LogP contribution in [0.1, 0.15) is 36.9 Å². The first-order valence-corrected chi connectivity index (χ1v) is 12.5. The standard InChI is InChI=1S/C23H26FN3O5S/c1-15(18-7-8-20(24)21(12-18)32-14-17-5-6-17)26-33(30,31)10-9-16-3-2-4-19(11-16)27-13-22(28)25-23(27)29/h2-4,7-8,11-12,15,17,26H,5-6,9-10,13-14H2,1H3,(H,25,28,29)/t15-/m1/s1. The molecule has 4 rings (SSSR count). The highest BCUT2D eigenvalue weighted by molar-refractivity contribution is 7.89. The molecule has 1 heterocycles. The fourth-order valence-corrected chi connectivity index (χ4v) is 4.87. The van der Waals surface area contributed by atoms with E-state index in [4.69, 9.17) is 4.74 Å². The van der Waals surface area contributed by atoms with Crippen molar-refractivity contribution >= 4 is 27.6 Å². The Balaban J connectivity index is 1.36. The lowest BCUT2D eigenvalue weighted by atomic mass is 10.1. The van der Waals surface area contributed by atoms with Crippen LogP contribution < -0.4 is 19.7 Å². The van der Waals surface area contributed by atoms with Gasteiger partial charge in [-0.1, -0.05) is 18.2 Å². The normalized spacial score (nSPS) is 17.2. The summed E-state index contributed by atoms with van der Waals surface area (Å²) in [7, 11) is -3.65. The molecule has 1 atom stereocenters. The van der Waals surface area contributed by atoms with E-state index in [0.29, 0.717) is 23.8 Å². The Labute approximate surface area is 192 Å². The minimum Gasteiger partial charge on any atom is -0.490 e. The molecule has 1 aliphatic carbocycles. The van der Waals surface area contributed by atoms with Crippen molar-refractivity contribution in [2.24, 2.45) is 5.92 Å². The minimum atomic E-state index is -3.65. The van der Waals surface area contributed by atoms with Crippen LogP contribution in [0, 0.1) is 11.7 Å². The van der Waals surface area contributed by atoms with Gasteiger partial charge in [-0.2, -0.15) is 0 Å². The van der Waals surface area contributed by atoms with E-state index in [-0.39, 0.29) is 30.4 Å². The Morgan fingerprint density at radius 1 is 1.21 bits per heavy atom. The molecule has 0 bridgehead atoms. The van der Waals surface area contributed by atoms with Gasteiger partial charge in [0.15, 0.2) is 11.6 Å². The number of anilines is 1. The number of amides is 3. The average molecular weight is 476 g/mol. The number of rotatable bonds is 10. The Morgan fingerprint density at radius 3 is 2.70 bits per heavy atom. The van der Waals surface area contributed by atoms with Gasteiger partial charge in [-0.15, -0.1) is 0 Å². The van der Waals surface area contributed by atoms with Crippen LogP contribution in [-0.2, 0) is 21.2 Å². The highest BCUT2D eigenvalue weighted by Gasteiger charge is 2.28. The zero-order valence-electron chi connectivity index (χ0n) is 18.2. The van der Waals surface area contributed by atoms with Crippen LogP contribution in [0.3, 0.4) is 0 Å². The van der Waals surface area contributed by atoms with E-state index < -0.39 is 27.9 Å². The lowest BCUT2D eigenvalue weighted by Crippen LogP contribution is -2.30. The van der Waals surface area contributed by atoms with Gasteiger partial charge in [0.25, 0.3) is 0 Å². The van der Waals surface area contributed by atoms with E-state index in [9.17, 15) is 22.4 Å². The number of ether oxygens (including phenoxy) is 1. The number of urea groups is 1. The SMILES string of the molecule is C[C@@H](NS(=O)(=O)CCc1cccc(N2CC(=O)NC2=O)c1)c1ccc(F)c(OCC2CC2)c1. The zero-order chi connectivity index (χ0) is 23.6. The predicted octanol–water partition coefficient (Wildman–Crippen LogP) is 2.89. The summed E-state index contributed by atoms with van der Waals surface area (Å²) in [5.74, 6) is -0.414. The summed E-state index contributed by atoms with van der Waals surface area (Å²) in [5.41, 5.74) is 1.85. The summed E-state index contributed by atoms with van der Waals surface area (Å²) in [4.78, 5) is 24.6. The Bertz CT molecular complexity index is 1170. The number of sulfonamides is 1. The van der Waals surface area contributed by atoms with Gasteiger partial charge >= 0.3 is 6.03 Å². The molecule has 10 heteroatoms. The van der Waals surface area contributed by atoms with E-state index in [1.165, 1.54) is 17.0 Å². The molecule has 0 radical (unpaired) electrons. The van der Waals surface area contributed by atoms with Crippen LogP contribution in [-0.4, -0.2) is 39.3 Å². The smallest absolute Gasteiger partial charge is 0.329 e. The van der Waals surface area contributed by atoms with E-state index in [1.54, 1.807) is 37.3 Å². The quantitative estimate of drug-likeness (QED) is 0.514. The maximum absolute atomic E-state index is 14.0. The third kappa shape index (κ3) is 6.08. The van der Waals surface area contributed by atoms with Gasteiger partial charge in [0.2, 0.25) is 15.9 Å². The fourth-order valence-electron chi connectivity index (χ4n) is 3.57. The van der Waals surface area contributed by atoms with Gasteiger partial charge in [0, 0.05) is 11.7 Å². The van der Waals surface area contributed by atoms with Gasteiger partial charge < -0.3 is 4.74 Å². The fraction of sp³-hybridized carbons (Fsp3) is 0.391. The van der Waals surface area contributed by atoms with Crippen LogP contribution in [0.15, 0.2) is 42.5 Å². The number of imide groups is 1. The molecular formula is C23H26FN3O5S. The maximum Gasteiger partial charge on any atom is 0.329 e. The summed E-state index contributed by atoms with van der Waals surface area (Å²) in [6.45, 7) is 2.09. The highest BCUT2D eigenvalue weighted by atomic mass is 32.2. The van der Waals surface area contributed by atoms with Crippen molar-refractivity contribution in [1.29, 1.82) is 0 Å². The Morgan fingerprint density at radius 2 is 2.00 bits per heavy atom. The van der Waals surface area contributed by atoms with Crippen molar-refractivity contribution < 1.29 is 27.1 Å². The molecule has 33 heavy (non-hydrogen) atoms. The van der Waals surface area contributed by atoms with Crippen LogP contribution in [0.4, 0.5) is 14.9 Å². The molecule has 176 valence electrons. The second kappa shape index (κ2) is 9.48. The van der Waals surface area contributed by atoms with E-state index in [0.717, 1.165) is 18.4 Å². The summed E-state index contributed by atoms with van der Waals surface area (Å²) in [5, 5.41) is 2.21. The van der Waals surface area contributed by atoms with Crippen LogP contribution in [0.5, 0.6) is 5.75 Å². The first-order valence-electron chi connectivity index (χ1n) is 10.8. The number of hydrogen-bond donors (Lipinski definition) is 2. The van der Waals surface area contributed by atoms with Crippen molar-refractivity contribution in [3.05, 3.63) is 59.4 Å². The van der Waals surface area contributed by atoms with Crippen molar-refractivity contribution in [1.82, 2.24) is 10.0 Å². The predicted molar refractivity (Wildman–Crippen MR) is 121 cm³/mol. The number of halogens is 1. The first kappa shape index (κ1) is 23.2. The largest absolute Gasteiger partial charge is 0.490 e. The summed E-state index contributed by atoms with van der Waals surface area (Å²) >= 11 is 0. The molecule has 3 amide bonds. The average Bonchev–Trinajstić information content (AvgIpc) is 3.53. The number of nitrogens with zero attached hydrogens (tertiary/aromatic N) is 1. The minimum absolute atomic E-state index is 0.0658. The Kier molecular flexibility index (Phi) is 6.66. The highest BCUT2D eigenvalue weighted by Crippen LogP contribution is 2.31.